The molecule has 0 unspecified atom stereocenters. The van der Waals surface area contributed by atoms with Crippen molar-refractivity contribution in [1.29, 1.82) is 0 Å². The monoisotopic (exact) mass is 334 g/mol. The summed E-state index contributed by atoms with van der Waals surface area (Å²) in [4.78, 5) is 26.0. The Balaban J connectivity index is 1.82. The second kappa shape index (κ2) is 5.44. The molecule has 0 bridgehead atoms. The summed E-state index contributed by atoms with van der Waals surface area (Å²) >= 11 is 0. The van der Waals surface area contributed by atoms with Gasteiger partial charge in [0, 0.05) is 29.6 Å². The number of benzene rings is 1. The third-order valence-corrected chi connectivity index (χ3v) is 3.32. The van der Waals surface area contributed by atoms with E-state index >= 15 is 0 Å². The molecule has 24 heavy (non-hydrogen) atoms. The van der Waals surface area contributed by atoms with Crippen molar-refractivity contribution in [3.8, 4) is 0 Å². The lowest BCUT2D eigenvalue weighted by Crippen LogP contribution is -2.12. The second-order valence-corrected chi connectivity index (χ2v) is 5.27. The van der Waals surface area contributed by atoms with Crippen LogP contribution in [-0.4, -0.2) is 22.0 Å². The zero-order valence-corrected chi connectivity index (χ0v) is 12.4. The van der Waals surface area contributed by atoms with Gasteiger partial charge in [0.1, 0.15) is 5.69 Å². The number of halogens is 2. The van der Waals surface area contributed by atoms with Crippen molar-refractivity contribution in [2.24, 2.45) is 5.73 Å². The summed E-state index contributed by atoms with van der Waals surface area (Å²) in [6, 6.07) is 7.25. The summed E-state index contributed by atoms with van der Waals surface area (Å²) in [6.07, 6.45) is 0. The normalized spacial score (nSPS) is 11.6. The topological polar surface area (TPSA) is 114 Å². The fourth-order valence-electron chi connectivity index (χ4n) is 2.13. The Hall–Kier alpha value is -3.23. The highest BCUT2D eigenvalue weighted by atomic mass is 19.3. The number of H-pyrrole nitrogens is 1. The second-order valence-electron chi connectivity index (χ2n) is 5.27. The zero-order valence-electron chi connectivity index (χ0n) is 12.4. The molecular weight excluding hydrogens is 322 g/mol. The number of fused-ring (bicyclic) bond motifs is 1. The van der Waals surface area contributed by atoms with Crippen LogP contribution in [0.1, 0.15) is 33.7 Å². The Morgan fingerprint density at radius 1 is 1.29 bits per heavy atom. The van der Waals surface area contributed by atoms with E-state index in [1.807, 2.05) is 0 Å². The number of primary amides is 1. The number of amides is 2. The molecule has 9 heteroatoms. The Labute approximate surface area is 133 Å². The number of rotatable bonds is 4. The number of hydrogen-bond acceptors (Lipinski definition) is 4. The number of hydrogen-bond donors (Lipinski definition) is 3. The van der Waals surface area contributed by atoms with E-state index in [1.54, 1.807) is 24.3 Å². The zero-order chi connectivity index (χ0) is 17.5. The number of nitrogens with zero attached hydrogens (tertiary/aromatic N) is 1. The Morgan fingerprint density at radius 2 is 2.04 bits per heavy atom. The number of carbonyl (C=O) groups excluding carboxylic acids is 2. The fraction of sp³-hybridized carbons (Fsp3) is 0.133. The molecule has 0 saturated carbocycles. The van der Waals surface area contributed by atoms with Gasteiger partial charge in [-0.1, -0.05) is 5.16 Å². The summed E-state index contributed by atoms with van der Waals surface area (Å²) in [6.45, 7) is 0.644. The molecule has 124 valence electrons. The highest BCUT2D eigenvalue weighted by Crippen LogP contribution is 2.27. The van der Waals surface area contributed by atoms with E-state index in [1.165, 1.54) is 0 Å². The van der Waals surface area contributed by atoms with Crippen LogP contribution in [0.5, 0.6) is 0 Å². The molecule has 3 rings (SSSR count). The molecule has 0 radical (unpaired) electrons. The maximum atomic E-state index is 13.1. The van der Waals surface area contributed by atoms with Crippen molar-refractivity contribution >= 4 is 28.4 Å². The van der Waals surface area contributed by atoms with Gasteiger partial charge >= 0.3 is 5.92 Å². The average molecular weight is 334 g/mol. The van der Waals surface area contributed by atoms with E-state index in [0.717, 1.165) is 6.07 Å². The van der Waals surface area contributed by atoms with Crippen molar-refractivity contribution in [1.82, 2.24) is 10.1 Å². The molecule has 4 N–H and O–H groups in total. The maximum Gasteiger partial charge on any atom is 0.304 e. The first-order chi connectivity index (χ1) is 11.2. The van der Waals surface area contributed by atoms with Crippen LogP contribution < -0.4 is 11.1 Å². The van der Waals surface area contributed by atoms with E-state index < -0.39 is 23.5 Å². The maximum absolute atomic E-state index is 13.1. The summed E-state index contributed by atoms with van der Waals surface area (Å²) in [5.41, 5.74) is 6.22. The van der Waals surface area contributed by atoms with Gasteiger partial charge in [-0.25, -0.2) is 0 Å². The van der Waals surface area contributed by atoms with Crippen LogP contribution >= 0.6 is 0 Å². The van der Waals surface area contributed by atoms with Crippen LogP contribution in [0, 0.1) is 0 Å². The standard InChI is InChI=1S/C15H12F2N4O3/c1-15(16,17)12-6-11(21-24-12)14(23)19-8-2-3-9-7(4-8)5-10(20-9)13(18)22/h2-6,20H,1H3,(H2,18,22)(H,19,23). The van der Waals surface area contributed by atoms with Crippen molar-refractivity contribution in [3.63, 3.8) is 0 Å². The van der Waals surface area contributed by atoms with Crippen LogP contribution in [0.25, 0.3) is 10.9 Å². The van der Waals surface area contributed by atoms with Gasteiger partial charge in [0.2, 0.25) is 5.76 Å². The molecule has 2 heterocycles. The Bertz CT molecular complexity index is 940. The van der Waals surface area contributed by atoms with Gasteiger partial charge in [0.15, 0.2) is 5.69 Å². The molecule has 0 saturated heterocycles. The lowest BCUT2D eigenvalue weighted by Gasteiger charge is -2.03. The molecule has 7 nitrogen and oxygen atoms in total. The highest BCUT2D eigenvalue weighted by molar-refractivity contribution is 6.04. The number of nitrogens with two attached hydrogens (primary N) is 1. The predicted molar refractivity (Wildman–Crippen MR) is 80.8 cm³/mol. The molecule has 0 aliphatic rings. The summed E-state index contributed by atoms with van der Waals surface area (Å²) in [5.74, 6) is -5.22. The molecule has 2 aromatic heterocycles. The van der Waals surface area contributed by atoms with Gasteiger partial charge in [-0.05, 0) is 24.3 Å². The number of aromatic amines is 1. The van der Waals surface area contributed by atoms with Gasteiger partial charge in [-0.2, -0.15) is 8.78 Å². The third-order valence-electron chi connectivity index (χ3n) is 3.32. The van der Waals surface area contributed by atoms with Crippen LogP contribution in [0.15, 0.2) is 34.9 Å². The SMILES string of the molecule is CC(F)(F)c1cc(C(=O)Nc2ccc3[nH]c(C(N)=O)cc3c2)no1. The lowest BCUT2D eigenvalue weighted by molar-refractivity contribution is -0.0105. The number of aromatic nitrogens is 2. The van der Waals surface area contributed by atoms with Gasteiger partial charge in [-0.15, -0.1) is 0 Å². The van der Waals surface area contributed by atoms with E-state index in [9.17, 15) is 18.4 Å². The number of alkyl halides is 2. The van der Waals surface area contributed by atoms with Crippen LogP contribution in [0.3, 0.4) is 0 Å². The minimum absolute atomic E-state index is 0.236. The smallest absolute Gasteiger partial charge is 0.304 e. The molecule has 3 aromatic rings. The van der Waals surface area contributed by atoms with E-state index in [4.69, 9.17) is 5.73 Å². The Kier molecular flexibility index (Phi) is 3.55. The van der Waals surface area contributed by atoms with E-state index in [0.29, 0.717) is 23.5 Å². The molecule has 0 atom stereocenters. The van der Waals surface area contributed by atoms with Gasteiger partial charge in [0.05, 0.1) is 0 Å². The van der Waals surface area contributed by atoms with Crippen LogP contribution in [0.4, 0.5) is 14.5 Å². The summed E-state index contributed by atoms with van der Waals surface area (Å²) < 4.78 is 30.7. The molecule has 0 spiro atoms. The molecular formula is C15H12F2N4O3. The summed E-state index contributed by atoms with van der Waals surface area (Å²) in [5, 5.41) is 6.51. The highest BCUT2D eigenvalue weighted by Gasteiger charge is 2.31. The van der Waals surface area contributed by atoms with Crippen molar-refractivity contribution in [2.75, 3.05) is 5.32 Å². The third kappa shape index (κ3) is 2.96. The minimum Gasteiger partial charge on any atom is -0.364 e. The van der Waals surface area contributed by atoms with Crippen molar-refractivity contribution in [3.05, 3.63) is 47.5 Å². The molecule has 0 aliphatic heterocycles. The molecule has 0 aliphatic carbocycles. The minimum atomic E-state index is -3.22. The van der Waals surface area contributed by atoms with E-state index in [-0.39, 0.29) is 11.4 Å². The Morgan fingerprint density at radius 3 is 2.67 bits per heavy atom. The first-order valence-corrected chi connectivity index (χ1v) is 6.83. The molecule has 0 fully saturated rings. The lowest BCUT2D eigenvalue weighted by atomic mass is 10.2. The van der Waals surface area contributed by atoms with E-state index in [2.05, 4.69) is 20.0 Å². The largest absolute Gasteiger partial charge is 0.364 e. The van der Waals surface area contributed by atoms with Crippen LogP contribution in [-0.2, 0) is 5.92 Å². The van der Waals surface area contributed by atoms with Crippen LogP contribution in [0.2, 0.25) is 0 Å². The van der Waals surface area contributed by atoms with Gasteiger partial charge in [0.25, 0.3) is 11.8 Å². The number of nitrogens with one attached hydrogen (secondary N) is 2. The fourth-order valence-corrected chi connectivity index (χ4v) is 2.13. The molecule has 2 amide bonds. The number of carbonyl (C=O) groups is 2. The van der Waals surface area contributed by atoms with Gasteiger partial charge < -0.3 is 20.6 Å². The summed E-state index contributed by atoms with van der Waals surface area (Å²) in [7, 11) is 0. The quantitative estimate of drug-likeness (QED) is 0.680. The number of anilines is 1. The molecule has 1 aromatic carbocycles. The first-order valence-electron chi connectivity index (χ1n) is 6.83. The van der Waals surface area contributed by atoms with Gasteiger partial charge in [-0.3, -0.25) is 9.59 Å². The van der Waals surface area contributed by atoms with Crippen molar-refractivity contribution < 1.29 is 22.9 Å². The van der Waals surface area contributed by atoms with Crippen molar-refractivity contribution in [2.45, 2.75) is 12.8 Å². The predicted octanol–water partition coefficient (Wildman–Crippen LogP) is 2.62. The average Bonchev–Trinajstić information content (AvgIpc) is 3.13. The first kappa shape index (κ1) is 15.7.